The van der Waals surface area contributed by atoms with Gasteiger partial charge in [-0.25, -0.2) is 9.78 Å². The maximum Gasteiger partial charge on any atom is 0.323 e. The summed E-state index contributed by atoms with van der Waals surface area (Å²) in [5, 5.41) is 3.78. The normalized spacial score (nSPS) is 15.7. The van der Waals surface area contributed by atoms with E-state index < -0.39 is 8.32 Å². The number of halogens is 1. The Kier molecular flexibility index (Phi) is 6.77. The van der Waals surface area contributed by atoms with Gasteiger partial charge in [0.1, 0.15) is 11.6 Å². The Labute approximate surface area is 185 Å². The Morgan fingerprint density at radius 3 is 2.30 bits per heavy atom. The van der Waals surface area contributed by atoms with E-state index in [1.807, 2.05) is 23.1 Å². The maximum atomic E-state index is 12.6. The molecule has 0 bridgehead atoms. The fraction of sp³-hybridized carbons (Fsp3) is 0.478. The third-order valence-corrected chi connectivity index (χ3v) is 10.9. The molecule has 0 unspecified atom stereocenters. The maximum absolute atomic E-state index is 12.6. The van der Waals surface area contributed by atoms with Crippen molar-refractivity contribution in [2.45, 2.75) is 57.7 Å². The van der Waals surface area contributed by atoms with Crippen molar-refractivity contribution < 1.29 is 9.22 Å². The fourth-order valence-corrected chi connectivity index (χ4v) is 4.44. The van der Waals surface area contributed by atoms with Gasteiger partial charge in [0.25, 0.3) is 8.32 Å². The number of amides is 2. The van der Waals surface area contributed by atoms with E-state index in [1.54, 1.807) is 12.3 Å². The van der Waals surface area contributed by atoms with Gasteiger partial charge >= 0.3 is 6.03 Å². The molecule has 5 nitrogen and oxygen atoms in total. The lowest BCUT2D eigenvalue weighted by molar-refractivity contribution is 0.194. The number of carbonyl (C=O) groups excluding carboxylic acids is 1. The van der Waals surface area contributed by atoms with Gasteiger partial charge in [-0.1, -0.05) is 44.5 Å². The summed E-state index contributed by atoms with van der Waals surface area (Å²) in [6.07, 6.45) is 3.59. The molecule has 2 heterocycles. The first-order chi connectivity index (χ1) is 14.0. The van der Waals surface area contributed by atoms with Gasteiger partial charge in [0, 0.05) is 18.1 Å². The van der Waals surface area contributed by atoms with Gasteiger partial charge in [-0.15, -0.1) is 0 Å². The number of hydrogen-bond acceptors (Lipinski definition) is 3. The van der Waals surface area contributed by atoms with Gasteiger partial charge in [-0.3, -0.25) is 5.32 Å². The van der Waals surface area contributed by atoms with Crippen molar-refractivity contribution in [3.8, 4) is 5.75 Å². The lowest BCUT2D eigenvalue weighted by Gasteiger charge is -2.36. The third-order valence-electron chi connectivity index (χ3n) is 6.27. The molecule has 0 atom stereocenters. The van der Waals surface area contributed by atoms with E-state index in [-0.39, 0.29) is 11.1 Å². The van der Waals surface area contributed by atoms with Crippen molar-refractivity contribution in [2.75, 3.05) is 18.4 Å². The quantitative estimate of drug-likeness (QED) is 0.544. The number of aromatic nitrogens is 1. The van der Waals surface area contributed by atoms with Crippen LogP contribution in [0.4, 0.5) is 10.6 Å². The second-order valence-electron chi connectivity index (χ2n) is 9.48. The van der Waals surface area contributed by atoms with Gasteiger partial charge in [0.2, 0.25) is 0 Å². The minimum Gasteiger partial charge on any atom is -0.542 e. The number of nitrogens with zero attached hydrogens (tertiary/aromatic N) is 2. The standard InChI is InChI=1S/C23H32ClN3O2Si/c1-23(2,3)30(4,5)29-20-10-11-21(25-16-20)26-22(28)27-14-12-18(13-15-27)17-6-8-19(24)9-7-17/h6-11,16,18H,12-15H2,1-5H3,(H,25,26,28). The minimum atomic E-state index is -1.90. The first kappa shape index (κ1) is 22.6. The van der Waals surface area contributed by atoms with Crippen LogP contribution in [-0.2, 0) is 0 Å². The molecule has 1 N–H and O–H groups in total. The highest BCUT2D eigenvalue weighted by atomic mass is 35.5. The molecule has 2 aromatic rings. The molecule has 0 radical (unpaired) electrons. The monoisotopic (exact) mass is 445 g/mol. The van der Waals surface area contributed by atoms with E-state index in [9.17, 15) is 4.79 Å². The van der Waals surface area contributed by atoms with Gasteiger partial charge in [0.15, 0.2) is 0 Å². The second kappa shape index (κ2) is 8.98. The molecule has 1 saturated heterocycles. The largest absolute Gasteiger partial charge is 0.542 e. The summed E-state index contributed by atoms with van der Waals surface area (Å²) in [7, 11) is -1.90. The lowest BCUT2D eigenvalue weighted by Crippen LogP contribution is -2.43. The zero-order valence-electron chi connectivity index (χ0n) is 18.5. The molecule has 2 amide bonds. The molecule has 30 heavy (non-hydrogen) atoms. The van der Waals surface area contributed by atoms with Gasteiger partial charge in [-0.05, 0) is 66.7 Å². The lowest BCUT2D eigenvalue weighted by atomic mass is 9.90. The van der Waals surface area contributed by atoms with E-state index in [1.165, 1.54) is 5.56 Å². The van der Waals surface area contributed by atoms with Crippen molar-refractivity contribution in [3.05, 3.63) is 53.2 Å². The number of likely N-dealkylation sites (tertiary alicyclic amines) is 1. The zero-order valence-corrected chi connectivity index (χ0v) is 20.3. The van der Waals surface area contributed by atoms with E-state index in [0.29, 0.717) is 11.7 Å². The number of rotatable bonds is 4. The summed E-state index contributed by atoms with van der Waals surface area (Å²) in [5.74, 6) is 1.77. The van der Waals surface area contributed by atoms with Gasteiger partial charge in [-0.2, -0.15) is 0 Å². The van der Waals surface area contributed by atoms with Crippen LogP contribution in [0.5, 0.6) is 5.75 Å². The molecular weight excluding hydrogens is 414 g/mol. The summed E-state index contributed by atoms with van der Waals surface area (Å²) in [5.41, 5.74) is 1.29. The predicted molar refractivity (Wildman–Crippen MR) is 126 cm³/mol. The van der Waals surface area contributed by atoms with Crippen LogP contribution in [0.15, 0.2) is 42.6 Å². The summed E-state index contributed by atoms with van der Waals surface area (Å²) >= 11 is 5.98. The minimum absolute atomic E-state index is 0.102. The summed E-state index contributed by atoms with van der Waals surface area (Å²) in [6, 6.07) is 11.6. The number of anilines is 1. The van der Waals surface area contributed by atoms with Crippen molar-refractivity contribution in [1.29, 1.82) is 0 Å². The Hall–Kier alpha value is -2.05. The van der Waals surface area contributed by atoms with Crippen molar-refractivity contribution in [2.24, 2.45) is 0 Å². The third kappa shape index (κ3) is 5.55. The smallest absolute Gasteiger partial charge is 0.323 e. The average molecular weight is 446 g/mol. The highest BCUT2D eigenvalue weighted by Gasteiger charge is 2.39. The molecule has 0 saturated carbocycles. The molecule has 1 aromatic carbocycles. The summed E-state index contributed by atoms with van der Waals surface area (Å²) in [4.78, 5) is 18.9. The molecule has 3 rings (SSSR count). The average Bonchev–Trinajstić information content (AvgIpc) is 2.69. The Bertz CT molecular complexity index is 856. The van der Waals surface area contributed by atoms with Crippen LogP contribution in [0.3, 0.4) is 0 Å². The van der Waals surface area contributed by atoms with Gasteiger partial charge in [0.05, 0.1) is 6.20 Å². The molecular formula is C23H32ClN3O2Si. The van der Waals surface area contributed by atoms with Crippen LogP contribution in [0.2, 0.25) is 23.2 Å². The van der Waals surface area contributed by atoms with Crippen LogP contribution in [0, 0.1) is 0 Å². The number of urea groups is 1. The number of nitrogens with one attached hydrogen (secondary N) is 1. The number of piperidine rings is 1. The molecule has 1 aliphatic heterocycles. The van der Waals surface area contributed by atoms with Crippen LogP contribution in [0.1, 0.15) is 45.1 Å². The predicted octanol–water partition coefficient (Wildman–Crippen LogP) is 6.53. The SMILES string of the molecule is CC(C)(C)[Si](C)(C)Oc1ccc(NC(=O)N2CCC(c3ccc(Cl)cc3)CC2)nc1. The van der Waals surface area contributed by atoms with E-state index in [0.717, 1.165) is 36.7 Å². The number of carbonyl (C=O) groups is 1. The van der Waals surface area contributed by atoms with Crippen molar-refractivity contribution >= 4 is 31.8 Å². The van der Waals surface area contributed by atoms with Crippen LogP contribution >= 0.6 is 11.6 Å². The first-order valence-corrected chi connectivity index (χ1v) is 13.8. The summed E-state index contributed by atoms with van der Waals surface area (Å²) < 4.78 is 6.25. The molecule has 1 aliphatic rings. The molecule has 162 valence electrons. The Balaban J connectivity index is 1.52. The van der Waals surface area contributed by atoms with Gasteiger partial charge < -0.3 is 9.33 Å². The number of benzene rings is 1. The molecule has 1 aromatic heterocycles. The molecule has 0 spiro atoms. The van der Waals surface area contributed by atoms with E-state index >= 15 is 0 Å². The topological polar surface area (TPSA) is 54.5 Å². The van der Waals surface area contributed by atoms with Crippen molar-refractivity contribution in [3.63, 3.8) is 0 Å². The molecule has 0 aliphatic carbocycles. The van der Waals surface area contributed by atoms with Crippen LogP contribution in [-0.4, -0.2) is 37.3 Å². The van der Waals surface area contributed by atoms with Crippen LogP contribution < -0.4 is 9.74 Å². The van der Waals surface area contributed by atoms with E-state index in [4.69, 9.17) is 16.0 Å². The molecule has 1 fully saturated rings. The highest BCUT2D eigenvalue weighted by molar-refractivity contribution is 6.74. The fourth-order valence-electron chi connectivity index (χ4n) is 3.30. The highest BCUT2D eigenvalue weighted by Crippen LogP contribution is 2.37. The first-order valence-electron chi connectivity index (χ1n) is 10.5. The van der Waals surface area contributed by atoms with Crippen molar-refractivity contribution in [1.82, 2.24) is 9.88 Å². The zero-order chi connectivity index (χ0) is 21.9. The van der Waals surface area contributed by atoms with E-state index in [2.05, 4.69) is 56.3 Å². The Morgan fingerprint density at radius 1 is 1.13 bits per heavy atom. The second-order valence-corrected chi connectivity index (χ2v) is 14.6. The van der Waals surface area contributed by atoms with Crippen LogP contribution in [0.25, 0.3) is 0 Å². The number of pyridine rings is 1. The summed E-state index contributed by atoms with van der Waals surface area (Å²) in [6.45, 7) is 12.5. The Morgan fingerprint density at radius 2 is 1.77 bits per heavy atom. The number of hydrogen-bond donors (Lipinski definition) is 1. The molecule has 7 heteroatoms.